The number of pyridine rings is 1. The van der Waals surface area contributed by atoms with Gasteiger partial charge in [0.1, 0.15) is 32.0 Å². The fourth-order valence-electron chi connectivity index (χ4n) is 3.04. The zero-order valence-electron chi connectivity index (χ0n) is 13.8. The molecule has 2 heterocycles. The van der Waals surface area contributed by atoms with Gasteiger partial charge in [0.25, 0.3) is 11.7 Å². The van der Waals surface area contributed by atoms with Gasteiger partial charge in [-0.25, -0.2) is 9.37 Å². The highest BCUT2D eigenvalue weighted by Gasteiger charge is 2.32. The van der Waals surface area contributed by atoms with E-state index in [9.17, 15) is 9.18 Å². The number of nitrogens with one attached hydrogen (secondary N) is 3. The van der Waals surface area contributed by atoms with Gasteiger partial charge in [0, 0.05) is 6.07 Å². The van der Waals surface area contributed by atoms with Crippen LogP contribution in [-0.2, 0) is 4.79 Å². The molecule has 1 amide bonds. The second kappa shape index (κ2) is 7.40. The number of para-hydroxylation sites is 1. The molecule has 0 radical (unpaired) electrons. The third kappa shape index (κ3) is 3.71. The Labute approximate surface area is 141 Å². The molecule has 3 N–H and O–H groups in total. The summed E-state index contributed by atoms with van der Waals surface area (Å²) in [7, 11) is 0. The first-order valence-electron chi connectivity index (χ1n) is 8.27. The first-order valence-corrected chi connectivity index (χ1v) is 8.27. The minimum Gasteiger partial charge on any atom is -0.318 e. The molecule has 6 heteroatoms. The molecule has 1 fully saturated rings. The molecule has 1 saturated heterocycles. The van der Waals surface area contributed by atoms with Crippen LogP contribution in [-0.4, -0.2) is 38.1 Å². The van der Waals surface area contributed by atoms with Crippen LogP contribution in [0.3, 0.4) is 0 Å². The van der Waals surface area contributed by atoms with Crippen molar-refractivity contribution < 1.29 is 19.1 Å². The quantitative estimate of drug-likeness (QED) is 0.851. The van der Waals surface area contributed by atoms with E-state index in [-0.39, 0.29) is 17.6 Å². The van der Waals surface area contributed by atoms with Gasteiger partial charge in [0.15, 0.2) is 6.04 Å². The van der Waals surface area contributed by atoms with Gasteiger partial charge in [-0.2, -0.15) is 0 Å². The van der Waals surface area contributed by atoms with E-state index in [1.165, 1.54) is 11.0 Å². The van der Waals surface area contributed by atoms with Gasteiger partial charge in [-0.05, 0) is 25.1 Å². The lowest BCUT2D eigenvalue weighted by atomic mass is 10.2. The summed E-state index contributed by atoms with van der Waals surface area (Å²) in [5.74, 6) is 0.548. The van der Waals surface area contributed by atoms with Crippen molar-refractivity contribution >= 4 is 17.4 Å². The molecule has 2 aromatic rings. The number of quaternary nitrogens is 1. The Bertz CT molecular complexity index is 686. The summed E-state index contributed by atoms with van der Waals surface area (Å²) in [5, 5.41) is 2.70. The summed E-state index contributed by atoms with van der Waals surface area (Å²) in [5.41, 5.74) is 0.242. The summed E-state index contributed by atoms with van der Waals surface area (Å²) in [6.45, 7) is 5.40. The second-order valence-corrected chi connectivity index (χ2v) is 6.08. The molecule has 3 rings (SSSR count). The van der Waals surface area contributed by atoms with Crippen molar-refractivity contribution in [3.8, 4) is 0 Å². The number of piperazine rings is 1. The van der Waals surface area contributed by atoms with Gasteiger partial charge in [0.05, 0.1) is 11.9 Å². The van der Waals surface area contributed by atoms with Crippen LogP contribution < -0.4 is 20.1 Å². The standard InChI is InChI=1S/C18H21FN4O/c1-14(18(24)21-16-7-3-2-6-15(16)19)22-10-12-23(13-11-22)17-8-4-5-9-20-17/h2-9,14H,10-13H2,1H3,(H,21,24)/p+2/t14-/m0/s1. The molecule has 24 heavy (non-hydrogen) atoms. The van der Waals surface area contributed by atoms with E-state index in [2.05, 4.69) is 21.3 Å². The minimum atomic E-state index is -0.405. The van der Waals surface area contributed by atoms with Crippen molar-refractivity contribution in [1.29, 1.82) is 0 Å². The first-order chi connectivity index (χ1) is 11.6. The van der Waals surface area contributed by atoms with Crippen LogP contribution in [0.4, 0.5) is 15.9 Å². The van der Waals surface area contributed by atoms with Crippen molar-refractivity contribution in [2.75, 3.05) is 36.4 Å². The number of anilines is 2. The van der Waals surface area contributed by atoms with Crippen LogP contribution in [0.15, 0.2) is 48.7 Å². The maximum absolute atomic E-state index is 13.7. The van der Waals surface area contributed by atoms with Crippen LogP contribution in [0.2, 0.25) is 0 Å². The highest BCUT2D eigenvalue weighted by molar-refractivity contribution is 5.93. The van der Waals surface area contributed by atoms with E-state index in [1.54, 1.807) is 18.2 Å². The molecule has 1 aliphatic rings. The Morgan fingerprint density at radius 3 is 2.58 bits per heavy atom. The highest BCUT2D eigenvalue weighted by Crippen LogP contribution is 2.12. The molecular formula is C18H23FN4O+2. The van der Waals surface area contributed by atoms with Gasteiger partial charge in [0.2, 0.25) is 0 Å². The van der Waals surface area contributed by atoms with Gasteiger partial charge in [-0.15, -0.1) is 0 Å². The number of aromatic amines is 1. The summed E-state index contributed by atoms with van der Waals surface area (Å²) in [6.07, 6.45) is 1.92. The third-order valence-electron chi connectivity index (χ3n) is 4.58. The molecule has 1 aromatic carbocycles. The van der Waals surface area contributed by atoms with Crippen LogP contribution in [0.5, 0.6) is 0 Å². The predicted molar refractivity (Wildman–Crippen MR) is 90.4 cm³/mol. The number of amides is 1. The lowest BCUT2D eigenvalue weighted by Crippen LogP contribution is -3.19. The topological polar surface area (TPSA) is 50.9 Å². The van der Waals surface area contributed by atoms with Crippen LogP contribution in [0.1, 0.15) is 6.92 Å². The zero-order chi connectivity index (χ0) is 16.9. The normalized spacial score (nSPS) is 16.7. The van der Waals surface area contributed by atoms with Gasteiger partial charge in [-0.3, -0.25) is 9.69 Å². The van der Waals surface area contributed by atoms with Gasteiger partial charge >= 0.3 is 0 Å². The summed E-state index contributed by atoms with van der Waals surface area (Å²) in [6, 6.07) is 12.1. The predicted octanol–water partition coefficient (Wildman–Crippen LogP) is 0.372. The maximum Gasteiger partial charge on any atom is 0.282 e. The summed E-state index contributed by atoms with van der Waals surface area (Å²) < 4.78 is 13.7. The van der Waals surface area contributed by atoms with Crippen LogP contribution in [0, 0.1) is 5.82 Å². The van der Waals surface area contributed by atoms with Crippen LogP contribution in [0.25, 0.3) is 0 Å². The number of hydrogen-bond donors (Lipinski definition) is 2. The van der Waals surface area contributed by atoms with E-state index in [0.29, 0.717) is 0 Å². The van der Waals surface area contributed by atoms with Crippen molar-refractivity contribution in [2.24, 2.45) is 0 Å². The SMILES string of the molecule is C[C@@H](C(=O)Nc1ccccc1F)[NH+]1CCN(c2cccc[nH+]2)CC1. The number of aromatic nitrogens is 1. The molecule has 1 atom stereocenters. The third-order valence-corrected chi connectivity index (χ3v) is 4.58. The Morgan fingerprint density at radius 2 is 1.92 bits per heavy atom. The molecule has 0 unspecified atom stereocenters. The van der Waals surface area contributed by atoms with Crippen molar-refractivity contribution in [3.63, 3.8) is 0 Å². The van der Waals surface area contributed by atoms with E-state index >= 15 is 0 Å². The maximum atomic E-state index is 13.7. The van der Waals surface area contributed by atoms with Gasteiger partial charge in [-0.1, -0.05) is 18.2 Å². The second-order valence-electron chi connectivity index (χ2n) is 6.08. The molecule has 0 spiro atoms. The van der Waals surface area contributed by atoms with Crippen molar-refractivity contribution in [1.82, 2.24) is 0 Å². The Morgan fingerprint density at radius 1 is 1.21 bits per heavy atom. The van der Waals surface area contributed by atoms with E-state index in [1.807, 2.05) is 25.3 Å². The number of nitrogens with zero attached hydrogens (tertiary/aromatic N) is 1. The minimum absolute atomic E-state index is 0.144. The molecule has 1 aliphatic heterocycles. The number of carbonyl (C=O) groups excluding carboxylic acids is 1. The fourth-order valence-corrected chi connectivity index (χ4v) is 3.04. The molecule has 0 saturated carbocycles. The fraction of sp³-hybridized carbons (Fsp3) is 0.333. The molecule has 5 nitrogen and oxygen atoms in total. The molecule has 126 valence electrons. The monoisotopic (exact) mass is 330 g/mol. The number of H-pyrrole nitrogens is 1. The Balaban J connectivity index is 1.56. The Hall–Kier alpha value is -2.47. The molecular weight excluding hydrogens is 307 g/mol. The Kier molecular flexibility index (Phi) is 5.05. The number of hydrogen-bond acceptors (Lipinski definition) is 2. The van der Waals surface area contributed by atoms with E-state index in [4.69, 9.17) is 0 Å². The summed E-state index contributed by atoms with van der Waals surface area (Å²) >= 11 is 0. The van der Waals surface area contributed by atoms with Crippen molar-refractivity contribution in [3.05, 3.63) is 54.5 Å². The zero-order valence-corrected chi connectivity index (χ0v) is 13.8. The highest BCUT2D eigenvalue weighted by atomic mass is 19.1. The van der Waals surface area contributed by atoms with Crippen molar-refractivity contribution in [2.45, 2.75) is 13.0 Å². The summed E-state index contributed by atoms with van der Waals surface area (Å²) in [4.78, 5) is 19.1. The lowest BCUT2D eigenvalue weighted by molar-refractivity contribution is -0.914. The number of rotatable bonds is 4. The number of benzene rings is 1. The smallest absolute Gasteiger partial charge is 0.282 e. The lowest BCUT2D eigenvalue weighted by Gasteiger charge is -2.31. The molecule has 0 aliphatic carbocycles. The molecule has 0 bridgehead atoms. The van der Waals surface area contributed by atoms with E-state index in [0.717, 1.165) is 32.0 Å². The van der Waals surface area contributed by atoms with E-state index < -0.39 is 5.82 Å². The number of carbonyl (C=O) groups is 1. The average molecular weight is 330 g/mol. The first kappa shape index (κ1) is 16.4. The molecule has 1 aromatic heterocycles. The van der Waals surface area contributed by atoms with Crippen LogP contribution >= 0.6 is 0 Å². The average Bonchev–Trinajstić information content (AvgIpc) is 2.64. The largest absolute Gasteiger partial charge is 0.318 e. The number of halogens is 1. The van der Waals surface area contributed by atoms with Gasteiger partial charge < -0.3 is 10.2 Å².